The number of hydrogen-bond donors (Lipinski definition) is 2. The molecule has 1 aromatic heterocycles. The van der Waals surface area contributed by atoms with Gasteiger partial charge in [0.05, 0.1) is 12.0 Å². The Morgan fingerprint density at radius 2 is 1.83 bits per heavy atom. The lowest BCUT2D eigenvalue weighted by molar-refractivity contribution is 0.414. The van der Waals surface area contributed by atoms with Gasteiger partial charge in [0.2, 0.25) is 10.0 Å². The number of hydrogen-bond acceptors (Lipinski definition) is 3. The fourth-order valence-electron chi connectivity index (χ4n) is 2.65. The van der Waals surface area contributed by atoms with Crippen molar-refractivity contribution in [2.45, 2.75) is 18.2 Å². The molecule has 0 radical (unpaired) electrons. The molecule has 0 aliphatic heterocycles. The summed E-state index contributed by atoms with van der Waals surface area (Å²) in [5.41, 5.74) is 3.30. The summed E-state index contributed by atoms with van der Waals surface area (Å²) >= 11 is 0. The zero-order valence-corrected chi connectivity index (χ0v) is 14.5. The number of sulfonamides is 1. The van der Waals surface area contributed by atoms with Crippen molar-refractivity contribution < 1.29 is 13.2 Å². The van der Waals surface area contributed by atoms with Gasteiger partial charge in [-0.25, -0.2) is 13.1 Å². The highest BCUT2D eigenvalue weighted by atomic mass is 32.2. The third-order valence-corrected chi connectivity index (χ3v) is 5.37. The van der Waals surface area contributed by atoms with E-state index < -0.39 is 10.0 Å². The highest BCUT2D eigenvalue weighted by Gasteiger charge is 2.13. The first-order valence-electron chi connectivity index (χ1n) is 7.70. The average Bonchev–Trinajstić information content (AvgIpc) is 2.94. The Kier molecular flexibility index (Phi) is 4.59. The summed E-state index contributed by atoms with van der Waals surface area (Å²) in [6.45, 7) is 2.37. The maximum absolute atomic E-state index is 12.3. The van der Waals surface area contributed by atoms with Crippen LogP contribution in [0.25, 0.3) is 10.9 Å². The number of methoxy groups -OCH3 is 1. The number of benzene rings is 2. The highest BCUT2D eigenvalue weighted by Crippen LogP contribution is 2.18. The Morgan fingerprint density at radius 1 is 1.08 bits per heavy atom. The quantitative estimate of drug-likeness (QED) is 0.722. The van der Waals surface area contributed by atoms with Gasteiger partial charge in [0.15, 0.2) is 0 Å². The van der Waals surface area contributed by atoms with E-state index in [4.69, 9.17) is 4.74 Å². The van der Waals surface area contributed by atoms with Crippen LogP contribution in [0, 0.1) is 6.92 Å². The van der Waals surface area contributed by atoms with Crippen molar-refractivity contribution >= 4 is 20.9 Å². The summed E-state index contributed by atoms with van der Waals surface area (Å²) in [4.78, 5) is 3.51. The molecule has 24 heavy (non-hydrogen) atoms. The first-order chi connectivity index (χ1) is 11.5. The molecule has 0 saturated heterocycles. The van der Waals surface area contributed by atoms with Crippen LogP contribution in [0.5, 0.6) is 5.75 Å². The molecule has 5 nitrogen and oxygen atoms in total. The van der Waals surface area contributed by atoms with E-state index in [0.29, 0.717) is 18.7 Å². The molecule has 6 heteroatoms. The van der Waals surface area contributed by atoms with Gasteiger partial charge in [-0.1, -0.05) is 6.07 Å². The Bertz CT molecular complexity index is 944. The minimum absolute atomic E-state index is 0.236. The van der Waals surface area contributed by atoms with Crippen molar-refractivity contribution in [2.75, 3.05) is 13.7 Å². The molecule has 0 saturated carbocycles. The maximum atomic E-state index is 12.3. The predicted molar refractivity (Wildman–Crippen MR) is 94.9 cm³/mol. The fourth-order valence-corrected chi connectivity index (χ4v) is 3.68. The summed E-state index contributed by atoms with van der Waals surface area (Å²) < 4.78 is 32.2. The van der Waals surface area contributed by atoms with Crippen LogP contribution in [0.3, 0.4) is 0 Å². The van der Waals surface area contributed by atoms with Crippen LogP contribution in [0.2, 0.25) is 0 Å². The normalized spacial score (nSPS) is 11.8. The Balaban J connectivity index is 1.65. The second-order valence-electron chi connectivity index (χ2n) is 5.70. The van der Waals surface area contributed by atoms with Gasteiger partial charge in [0.1, 0.15) is 5.75 Å². The topological polar surface area (TPSA) is 71.2 Å². The molecule has 0 aliphatic rings. The van der Waals surface area contributed by atoms with E-state index in [1.165, 1.54) is 12.1 Å². The molecule has 3 aromatic rings. The standard InChI is InChI=1S/C18H20N2O3S/c1-13-11-15-12-14(3-8-18(15)20-13)9-10-19-24(21,22)17-6-4-16(23-2)5-7-17/h3-8,11-12,19-20H,9-10H2,1-2H3. The Morgan fingerprint density at radius 3 is 2.54 bits per heavy atom. The van der Waals surface area contributed by atoms with Gasteiger partial charge >= 0.3 is 0 Å². The van der Waals surface area contributed by atoms with Crippen LogP contribution in [0.4, 0.5) is 0 Å². The lowest BCUT2D eigenvalue weighted by Gasteiger charge is -2.08. The Labute approximate surface area is 141 Å². The number of aromatic amines is 1. The van der Waals surface area contributed by atoms with Crippen LogP contribution in [0.1, 0.15) is 11.3 Å². The van der Waals surface area contributed by atoms with Crippen molar-refractivity contribution in [3.63, 3.8) is 0 Å². The molecular weight excluding hydrogens is 324 g/mol. The first kappa shape index (κ1) is 16.5. The average molecular weight is 344 g/mol. The van der Waals surface area contributed by atoms with Gasteiger partial charge < -0.3 is 9.72 Å². The van der Waals surface area contributed by atoms with Gasteiger partial charge in [-0.15, -0.1) is 0 Å². The lowest BCUT2D eigenvalue weighted by atomic mass is 10.1. The van der Waals surface area contributed by atoms with E-state index in [-0.39, 0.29) is 4.90 Å². The monoisotopic (exact) mass is 344 g/mol. The number of aromatic nitrogens is 1. The minimum atomic E-state index is -3.51. The van der Waals surface area contributed by atoms with Crippen LogP contribution in [-0.4, -0.2) is 27.1 Å². The minimum Gasteiger partial charge on any atom is -0.497 e. The number of aryl methyl sites for hydroxylation is 1. The number of fused-ring (bicyclic) bond motifs is 1. The molecule has 0 bridgehead atoms. The van der Waals surface area contributed by atoms with Gasteiger partial charge in [0.25, 0.3) is 0 Å². The van der Waals surface area contributed by atoms with Crippen LogP contribution >= 0.6 is 0 Å². The van der Waals surface area contributed by atoms with E-state index in [0.717, 1.165) is 22.2 Å². The van der Waals surface area contributed by atoms with Crippen LogP contribution < -0.4 is 9.46 Å². The molecule has 0 atom stereocenters. The molecule has 0 unspecified atom stereocenters. The van der Waals surface area contributed by atoms with Crippen molar-refractivity contribution in [1.82, 2.24) is 9.71 Å². The molecule has 0 amide bonds. The Hall–Kier alpha value is -2.31. The fraction of sp³-hybridized carbons (Fsp3) is 0.222. The SMILES string of the molecule is COc1ccc(S(=O)(=O)NCCc2ccc3[nH]c(C)cc3c2)cc1. The predicted octanol–water partition coefficient (Wildman–Crippen LogP) is 3.01. The number of ether oxygens (including phenoxy) is 1. The van der Waals surface area contributed by atoms with Crippen molar-refractivity contribution in [2.24, 2.45) is 0 Å². The van der Waals surface area contributed by atoms with E-state index in [9.17, 15) is 8.42 Å². The van der Waals surface area contributed by atoms with Gasteiger partial charge in [-0.3, -0.25) is 0 Å². The largest absolute Gasteiger partial charge is 0.497 e. The molecule has 0 aliphatic carbocycles. The third-order valence-electron chi connectivity index (χ3n) is 3.90. The molecule has 3 rings (SSSR count). The summed E-state index contributed by atoms with van der Waals surface area (Å²) in [5, 5.41) is 1.14. The number of rotatable bonds is 6. The number of nitrogens with one attached hydrogen (secondary N) is 2. The zero-order valence-electron chi connectivity index (χ0n) is 13.7. The summed E-state index contributed by atoms with van der Waals surface area (Å²) in [6.07, 6.45) is 0.634. The lowest BCUT2D eigenvalue weighted by Crippen LogP contribution is -2.25. The molecule has 0 fully saturated rings. The van der Waals surface area contributed by atoms with Gasteiger partial charge in [0, 0.05) is 17.8 Å². The van der Waals surface area contributed by atoms with E-state index >= 15 is 0 Å². The van der Waals surface area contributed by atoms with E-state index in [1.54, 1.807) is 19.2 Å². The zero-order chi connectivity index (χ0) is 17.2. The molecule has 126 valence electrons. The smallest absolute Gasteiger partial charge is 0.240 e. The van der Waals surface area contributed by atoms with Gasteiger partial charge in [-0.2, -0.15) is 0 Å². The first-order valence-corrected chi connectivity index (χ1v) is 9.18. The van der Waals surface area contributed by atoms with Gasteiger partial charge in [-0.05, 0) is 66.8 Å². The van der Waals surface area contributed by atoms with Crippen molar-refractivity contribution in [3.05, 3.63) is 59.8 Å². The van der Waals surface area contributed by atoms with Crippen molar-refractivity contribution in [1.29, 1.82) is 0 Å². The third kappa shape index (κ3) is 3.60. The molecular formula is C18H20N2O3S. The maximum Gasteiger partial charge on any atom is 0.240 e. The summed E-state index contributed by atoms with van der Waals surface area (Å²) in [6, 6.07) is 14.6. The number of H-pyrrole nitrogens is 1. The molecule has 1 heterocycles. The van der Waals surface area contributed by atoms with Crippen LogP contribution in [0.15, 0.2) is 53.4 Å². The summed E-state index contributed by atoms with van der Waals surface area (Å²) in [5.74, 6) is 0.629. The van der Waals surface area contributed by atoms with Crippen LogP contribution in [-0.2, 0) is 16.4 Å². The molecule has 2 aromatic carbocycles. The second-order valence-corrected chi connectivity index (χ2v) is 7.46. The molecule has 0 spiro atoms. The second kappa shape index (κ2) is 6.67. The summed E-state index contributed by atoms with van der Waals surface area (Å²) in [7, 11) is -1.96. The van der Waals surface area contributed by atoms with E-state index in [2.05, 4.69) is 21.8 Å². The van der Waals surface area contributed by atoms with E-state index in [1.807, 2.05) is 19.1 Å². The van der Waals surface area contributed by atoms with Crippen molar-refractivity contribution in [3.8, 4) is 5.75 Å². The highest BCUT2D eigenvalue weighted by molar-refractivity contribution is 7.89. The molecule has 2 N–H and O–H groups in total.